The van der Waals surface area contributed by atoms with Crippen LogP contribution in [0.4, 0.5) is 0 Å². The molecule has 2 aliphatic carbocycles. The Balaban J connectivity index is 1.90. The minimum atomic E-state index is 0.476. The van der Waals surface area contributed by atoms with Crippen molar-refractivity contribution in [1.29, 1.82) is 0 Å². The molecule has 20 heavy (non-hydrogen) atoms. The molecule has 2 N–H and O–H groups in total. The standard InChI is InChI=1S/C18H36N2/c1-4-20(18-12-9-16(19)10-13-18)17-7-5-6-15(8-11-17)14(2)3/h14-18H,4-13,19H2,1-3H3. The van der Waals surface area contributed by atoms with Crippen molar-refractivity contribution in [2.45, 2.75) is 96.7 Å². The molecule has 0 aliphatic heterocycles. The summed E-state index contributed by atoms with van der Waals surface area (Å²) in [6.45, 7) is 8.41. The van der Waals surface area contributed by atoms with Gasteiger partial charge in [0, 0.05) is 18.1 Å². The lowest BCUT2D eigenvalue weighted by atomic mass is 9.88. The molecule has 2 unspecified atom stereocenters. The summed E-state index contributed by atoms with van der Waals surface area (Å²) in [5.41, 5.74) is 6.07. The fourth-order valence-corrected chi connectivity index (χ4v) is 4.56. The van der Waals surface area contributed by atoms with Crippen LogP contribution < -0.4 is 5.73 Å². The predicted molar refractivity (Wildman–Crippen MR) is 87.8 cm³/mol. The van der Waals surface area contributed by atoms with E-state index in [1.807, 2.05) is 0 Å². The second-order valence-electron chi connectivity index (χ2n) is 7.57. The van der Waals surface area contributed by atoms with Gasteiger partial charge in [-0.05, 0) is 63.3 Å². The van der Waals surface area contributed by atoms with Gasteiger partial charge in [0.1, 0.15) is 0 Å². The van der Waals surface area contributed by atoms with Crippen molar-refractivity contribution in [2.75, 3.05) is 6.54 Å². The molecule has 0 aromatic heterocycles. The Morgan fingerprint density at radius 3 is 2.10 bits per heavy atom. The number of nitrogens with two attached hydrogens (primary N) is 1. The van der Waals surface area contributed by atoms with Crippen molar-refractivity contribution in [1.82, 2.24) is 4.90 Å². The lowest BCUT2D eigenvalue weighted by molar-refractivity contribution is 0.0953. The van der Waals surface area contributed by atoms with Crippen molar-refractivity contribution >= 4 is 0 Å². The molecule has 0 aromatic rings. The second-order valence-corrected chi connectivity index (χ2v) is 7.57. The quantitative estimate of drug-likeness (QED) is 0.783. The van der Waals surface area contributed by atoms with Crippen molar-refractivity contribution in [3.8, 4) is 0 Å². The maximum absolute atomic E-state index is 6.07. The molecule has 0 spiro atoms. The minimum Gasteiger partial charge on any atom is -0.328 e. The van der Waals surface area contributed by atoms with Gasteiger partial charge in [0.15, 0.2) is 0 Å². The van der Waals surface area contributed by atoms with Gasteiger partial charge in [-0.25, -0.2) is 0 Å². The summed E-state index contributed by atoms with van der Waals surface area (Å²) >= 11 is 0. The Bertz CT molecular complexity index is 269. The molecule has 0 heterocycles. The van der Waals surface area contributed by atoms with Crippen molar-refractivity contribution in [3.63, 3.8) is 0 Å². The lowest BCUT2D eigenvalue weighted by Crippen LogP contribution is -2.46. The zero-order valence-corrected chi connectivity index (χ0v) is 14.0. The summed E-state index contributed by atoms with van der Waals surface area (Å²) in [5.74, 6) is 1.84. The van der Waals surface area contributed by atoms with Gasteiger partial charge in [0.05, 0.1) is 0 Å². The van der Waals surface area contributed by atoms with Crippen molar-refractivity contribution < 1.29 is 0 Å². The average Bonchev–Trinajstić information content (AvgIpc) is 2.68. The Morgan fingerprint density at radius 1 is 0.900 bits per heavy atom. The van der Waals surface area contributed by atoms with Crippen LogP contribution in [0.2, 0.25) is 0 Å². The predicted octanol–water partition coefficient (Wildman–Crippen LogP) is 4.18. The monoisotopic (exact) mass is 280 g/mol. The highest BCUT2D eigenvalue weighted by Gasteiger charge is 2.30. The first-order chi connectivity index (χ1) is 9.61. The molecule has 0 amide bonds. The highest BCUT2D eigenvalue weighted by atomic mass is 15.2. The van der Waals surface area contributed by atoms with Crippen LogP contribution in [0, 0.1) is 11.8 Å². The molecule has 2 nitrogen and oxygen atoms in total. The van der Waals surface area contributed by atoms with Crippen molar-refractivity contribution in [2.24, 2.45) is 17.6 Å². The van der Waals surface area contributed by atoms with Crippen LogP contribution in [-0.4, -0.2) is 29.6 Å². The van der Waals surface area contributed by atoms with Crippen LogP contribution in [0.25, 0.3) is 0 Å². The summed E-state index contributed by atoms with van der Waals surface area (Å²) in [6.07, 6.45) is 12.4. The largest absolute Gasteiger partial charge is 0.328 e. The molecule has 0 radical (unpaired) electrons. The number of hydrogen-bond donors (Lipinski definition) is 1. The summed E-state index contributed by atoms with van der Waals surface area (Å²) < 4.78 is 0. The molecule has 0 aromatic carbocycles. The fraction of sp³-hybridized carbons (Fsp3) is 1.00. The molecule has 2 heteroatoms. The highest BCUT2D eigenvalue weighted by Crippen LogP contribution is 2.33. The summed E-state index contributed by atoms with van der Waals surface area (Å²) in [6, 6.07) is 2.15. The first-order valence-electron chi connectivity index (χ1n) is 9.13. The highest BCUT2D eigenvalue weighted by molar-refractivity contribution is 4.86. The topological polar surface area (TPSA) is 29.3 Å². The van der Waals surface area contributed by atoms with Gasteiger partial charge in [-0.3, -0.25) is 4.90 Å². The third kappa shape index (κ3) is 4.21. The van der Waals surface area contributed by atoms with Crippen LogP contribution in [-0.2, 0) is 0 Å². The Labute approximate surface area is 126 Å². The molecule has 0 bridgehead atoms. The molecule has 118 valence electrons. The lowest BCUT2D eigenvalue weighted by Gasteiger charge is -2.40. The third-order valence-electron chi connectivity index (χ3n) is 5.97. The molecular weight excluding hydrogens is 244 g/mol. The van der Waals surface area contributed by atoms with E-state index in [-0.39, 0.29) is 0 Å². The fourth-order valence-electron chi connectivity index (χ4n) is 4.56. The van der Waals surface area contributed by atoms with Gasteiger partial charge < -0.3 is 5.73 Å². The molecule has 2 saturated carbocycles. The Kier molecular flexibility index (Phi) is 6.35. The number of hydrogen-bond acceptors (Lipinski definition) is 2. The zero-order valence-electron chi connectivity index (χ0n) is 14.0. The van der Waals surface area contributed by atoms with E-state index in [2.05, 4.69) is 25.7 Å². The molecule has 2 rings (SSSR count). The van der Waals surface area contributed by atoms with Crippen LogP contribution in [0.3, 0.4) is 0 Å². The van der Waals surface area contributed by atoms with Gasteiger partial charge >= 0.3 is 0 Å². The van der Waals surface area contributed by atoms with Gasteiger partial charge in [0.25, 0.3) is 0 Å². The third-order valence-corrected chi connectivity index (χ3v) is 5.97. The Morgan fingerprint density at radius 2 is 1.50 bits per heavy atom. The van der Waals surface area contributed by atoms with Gasteiger partial charge in [-0.1, -0.05) is 33.6 Å². The van der Waals surface area contributed by atoms with Crippen LogP contribution >= 0.6 is 0 Å². The Hall–Kier alpha value is -0.0800. The molecule has 0 saturated heterocycles. The van der Waals surface area contributed by atoms with E-state index in [1.54, 1.807) is 0 Å². The van der Waals surface area contributed by atoms with E-state index in [1.165, 1.54) is 64.3 Å². The summed E-state index contributed by atoms with van der Waals surface area (Å²) in [7, 11) is 0. The maximum Gasteiger partial charge on any atom is 0.00992 e. The van der Waals surface area contributed by atoms with E-state index in [0.29, 0.717) is 6.04 Å². The van der Waals surface area contributed by atoms with Crippen LogP contribution in [0.15, 0.2) is 0 Å². The maximum atomic E-state index is 6.07. The first-order valence-corrected chi connectivity index (χ1v) is 9.13. The first kappa shape index (κ1) is 16.3. The van der Waals surface area contributed by atoms with E-state index in [4.69, 9.17) is 5.73 Å². The SMILES string of the molecule is CCN(C1CCC(N)CC1)C1CCCC(C(C)C)CC1. The molecule has 2 fully saturated rings. The zero-order chi connectivity index (χ0) is 14.5. The van der Waals surface area contributed by atoms with Gasteiger partial charge in [0.2, 0.25) is 0 Å². The van der Waals surface area contributed by atoms with Crippen LogP contribution in [0.1, 0.15) is 78.6 Å². The molecule has 2 aliphatic rings. The second kappa shape index (κ2) is 7.79. The smallest absolute Gasteiger partial charge is 0.00992 e. The van der Waals surface area contributed by atoms with E-state index in [0.717, 1.165) is 23.9 Å². The van der Waals surface area contributed by atoms with Gasteiger partial charge in [-0.15, -0.1) is 0 Å². The normalized spacial score (nSPS) is 36.3. The van der Waals surface area contributed by atoms with E-state index in [9.17, 15) is 0 Å². The summed E-state index contributed by atoms with van der Waals surface area (Å²) in [5, 5.41) is 0. The van der Waals surface area contributed by atoms with Crippen LogP contribution in [0.5, 0.6) is 0 Å². The van der Waals surface area contributed by atoms with E-state index >= 15 is 0 Å². The van der Waals surface area contributed by atoms with Crippen molar-refractivity contribution in [3.05, 3.63) is 0 Å². The average molecular weight is 281 g/mol. The molecule has 2 atom stereocenters. The number of rotatable bonds is 4. The van der Waals surface area contributed by atoms with Gasteiger partial charge in [-0.2, -0.15) is 0 Å². The van der Waals surface area contributed by atoms with E-state index < -0.39 is 0 Å². The number of nitrogens with zero attached hydrogens (tertiary/aromatic N) is 1. The molecular formula is C18H36N2. The summed E-state index contributed by atoms with van der Waals surface area (Å²) in [4.78, 5) is 2.84. The minimum absolute atomic E-state index is 0.476.